The summed E-state index contributed by atoms with van der Waals surface area (Å²) < 4.78 is 20.8. The Morgan fingerprint density at radius 1 is 1.06 bits per heavy atom. The van der Waals surface area contributed by atoms with E-state index in [1.54, 1.807) is 0 Å². The zero-order valence-corrected chi connectivity index (χ0v) is 8.51. The monoisotopic (exact) mass is 245 g/mol. The van der Waals surface area contributed by atoms with E-state index in [1.165, 1.54) is 0 Å². The molecule has 0 spiro atoms. The van der Waals surface area contributed by atoms with Gasteiger partial charge in [-0.25, -0.2) is 0 Å². The Morgan fingerprint density at radius 2 is 1.50 bits per heavy atom. The molecule has 1 unspecified atom stereocenters. The Bertz CT molecular complexity index is 442. The lowest BCUT2D eigenvalue weighted by Gasteiger charge is -2.04. The zero-order chi connectivity index (χ0) is 12.3. The molecule has 1 rings (SSSR count). The third kappa shape index (κ3) is 3.07. The van der Waals surface area contributed by atoms with Gasteiger partial charge in [0, 0.05) is 17.9 Å². The highest BCUT2D eigenvalue weighted by Crippen LogP contribution is 2.23. The maximum absolute atomic E-state index is 10.4. The summed E-state index contributed by atoms with van der Waals surface area (Å²) in [5.74, 6) is -0.498. The maximum Gasteiger partial charge on any atom is 0.276 e. The van der Waals surface area contributed by atoms with Gasteiger partial charge in [0.2, 0.25) is 0 Å². The fourth-order valence-corrected chi connectivity index (χ4v) is 1.53. The first-order chi connectivity index (χ1) is 7.40. The molecule has 0 saturated heterocycles. The van der Waals surface area contributed by atoms with E-state index in [9.17, 15) is 29.0 Å². The Morgan fingerprint density at radius 3 is 1.81 bits per heavy atom. The fraction of sp³-hybridized carbons (Fsp3) is 0.143. The van der Waals surface area contributed by atoms with Crippen LogP contribution in [0.4, 0.5) is 11.4 Å². The van der Waals surface area contributed by atoms with E-state index in [2.05, 4.69) is 0 Å². The first-order valence-corrected chi connectivity index (χ1v) is 5.13. The molecule has 1 aromatic carbocycles. The smallest absolute Gasteiger partial charge is 0.276 e. The molecular weight excluding hydrogens is 240 g/mol. The van der Waals surface area contributed by atoms with Gasteiger partial charge in [0.05, 0.1) is 15.9 Å². The summed E-state index contributed by atoms with van der Waals surface area (Å²) in [4.78, 5) is 19.3. The second kappa shape index (κ2) is 4.77. The highest BCUT2D eigenvalue weighted by molar-refractivity contribution is 7.78. The van der Waals surface area contributed by atoms with Crippen molar-refractivity contribution in [3.05, 3.63) is 44.0 Å². The standard InChI is InChI=1S/C7H6N2O6S/c10-8(11)6-1-5(4-16(14)15)2-7(3-6)9(12)13/h1-3H,4H2,(H,14,15)/p-1. The molecule has 0 aliphatic carbocycles. The van der Waals surface area contributed by atoms with Gasteiger partial charge in [0.1, 0.15) is 0 Å². The number of benzene rings is 1. The summed E-state index contributed by atoms with van der Waals surface area (Å²) in [6.07, 6.45) is 0. The molecule has 1 atom stereocenters. The molecular formula is C7H5N2O6S-. The molecule has 0 N–H and O–H groups in total. The van der Waals surface area contributed by atoms with Crippen LogP contribution in [0.5, 0.6) is 0 Å². The van der Waals surface area contributed by atoms with E-state index in [1.807, 2.05) is 0 Å². The molecule has 0 bridgehead atoms. The summed E-state index contributed by atoms with van der Waals surface area (Å²) in [6.45, 7) is 0. The predicted octanol–water partition coefficient (Wildman–Crippen LogP) is 0.882. The van der Waals surface area contributed by atoms with Crippen LogP contribution in [-0.4, -0.2) is 18.6 Å². The number of hydrogen-bond donors (Lipinski definition) is 0. The van der Waals surface area contributed by atoms with E-state index < -0.39 is 38.1 Å². The second-order valence-electron chi connectivity index (χ2n) is 2.82. The molecule has 1 aromatic rings. The number of nitrogens with zero attached hydrogens (tertiary/aromatic N) is 2. The molecule has 9 heteroatoms. The fourth-order valence-electron chi connectivity index (χ4n) is 1.09. The van der Waals surface area contributed by atoms with Crippen molar-refractivity contribution in [2.24, 2.45) is 0 Å². The van der Waals surface area contributed by atoms with Crippen LogP contribution in [0.2, 0.25) is 0 Å². The van der Waals surface area contributed by atoms with Crippen molar-refractivity contribution < 1.29 is 18.6 Å². The Balaban J connectivity index is 3.23. The summed E-state index contributed by atoms with van der Waals surface area (Å²) in [7, 11) is 0. The quantitative estimate of drug-likeness (QED) is 0.440. The SMILES string of the molecule is O=[N+]([O-])c1cc(CS(=O)[O-])cc([N+](=O)[O-])c1. The molecule has 16 heavy (non-hydrogen) atoms. The van der Waals surface area contributed by atoms with Gasteiger partial charge in [-0.1, -0.05) is 11.1 Å². The highest BCUT2D eigenvalue weighted by Gasteiger charge is 2.16. The first kappa shape index (κ1) is 12.2. The van der Waals surface area contributed by atoms with Gasteiger partial charge in [-0.2, -0.15) is 0 Å². The molecule has 0 aliphatic heterocycles. The maximum atomic E-state index is 10.4. The van der Waals surface area contributed by atoms with Gasteiger partial charge in [-0.3, -0.25) is 24.4 Å². The lowest BCUT2D eigenvalue weighted by Crippen LogP contribution is -1.98. The molecule has 0 aliphatic rings. The van der Waals surface area contributed by atoms with Crippen LogP contribution < -0.4 is 0 Å². The van der Waals surface area contributed by atoms with E-state index in [0.717, 1.165) is 18.2 Å². The van der Waals surface area contributed by atoms with E-state index in [0.29, 0.717) is 0 Å². The largest absolute Gasteiger partial charge is 0.772 e. The topological polar surface area (TPSA) is 126 Å². The molecule has 0 amide bonds. The molecule has 0 heterocycles. The number of rotatable bonds is 4. The van der Waals surface area contributed by atoms with Crippen molar-refractivity contribution in [3.63, 3.8) is 0 Å². The molecule has 0 aromatic heterocycles. The third-order valence-corrected chi connectivity index (χ3v) is 2.24. The van der Waals surface area contributed by atoms with Crippen molar-refractivity contribution in [3.8, 4) is 0 Å². The first-order valence-electron chi connectivity index (χ1n) is 3.89. The minimum atomic E-state index is -2.45. The molecule has 86 valence electrons. The van der Waals surface area contributed by atoms with Crippen molar-refractivity contribution in [1.82, 2.24) is 0 Å². The normalized spacial score (nSPS) is 12.1. The van der Waals surface area contributed by atoms with Crippen molar-refractivity contribution in [2.45, 2.75) is 5.75 Å². The molecule has 8 nitrogen and oxygen atoms in total. The van der Waals surface area contributed by atoms with Crippen LogP contribution in [0.1, 0.15) is 5.56 Å². The van der Waals surface area contributed by atoms with Crippen molar-refractivity contribution in [2.75, 3.05) is 0 Å². The van der Waals surface area contributed by atoms with Gasteiger partial charge in [-0.05, 0) is 5.56 Å². The zero-order valence-electron chi connectivity index (χ0n) is 7.69. The third-order valence-electron chi connectivity index (χ3n) is 1.67. The summed E-state index contributed by atoms with van der Waals surface area (Å²) >= 11 is -2.45. The van der Waals surface area contributed by atoms with Crippen LogP contribution in [-0.2, 0) is 16.8 Å². The minimum absolute atomic E-state index is 0.00855. The van der Waals surface area contributed by atoms with Gasteiger partial charge < -0.3 is 4.55 Å². The Labute approximate surface area is 91.5 Å². The summed E-state index contributed by atoms with van der Waals surface area (Å²) in [6, 6.07) is 2.75. The molecule has 0 fully saturated rings. The van der Waals surface area contributed by atoms with Crippen LogP contribution >= 0.6 is 0 Å². The van der Waals surface area contributed by atoms with Crippen LogP contribution in [0.25, 0.3) is 0 Å². The number of nitro groups is 2. The summed E-state index contributed by atoms with van der Waals surface area (Å²) in [5, 5.41) is 20.9. The van der Waals surface area contributed by atoms with Crippen LogP contribution in [0.15, 0.2) is 18.2 Å². The van der Waals surface area contributed by atoms with E-state index >= 15 is 0 Å². The van der Waals surface area contributed by atoms with Gasteiger partial charge in [0.15, 0.2) is 0 Å². The lowest BCUT2D eigenvalue weighted by molar-refractivity contribution is -0.394. The average Bonchev–Trinajstić information content (AvgIpc) is 2.15. The summed E-state index contributed by atoms with van der Waals surface area (Å²) in [5.41, 5.74) is -1.00. The van der Waals surface area contributed by atoms with Crippen molar-refractivity contribution in [1.29, 1.82) is 0 Å². The number of nitro benzene ring substituents is 2. The predicted molar refractivity (Wildman–Crippen MR) is 52.4 cm³/mol. The molecule has 0 saturated carbocycles. The van der Waals surface area contributed by atoms with Gasteiger partial charge >= 0.3 is 0 Å². The van der Waals surface area contributed by atoms with Gasteiger partial charge in [-0.15, -0.1) is 0 Å². The average molecular weight is 245 g/mol. The Kier molecular flexibility index (Phi) is 3.64. The van der Waals surface area contributed by atoms with Gasteiger partial charge in [0.25, 0.3) is 11.4 Å². The van der Waals surface area contributed by atoms with E-state index in [4.69, 9.17) is 0 Å². The Hall–Kier alpha value is -1.87. The highest BCUT2D eigenvalue weighted by atomic mass is 32.2. The lowest BCUT2D eigenvalue weighted by atomic mass is 10.2. The van der Waals surface area contributed by atoms with E-state index in [-0.39, 0.29) is 5.56 Å². The number of hydrogen-bond acceptors (Lipinski definition) is 6. The van der Waals surface area contributed by atoms with Crippen LogP contribution in [0, 0.1) is 20.2 Å². The minimum Gasteiger partial charge on any atom is -0.772 e. The second-order valence-corrected chi connectivity index (χ2v) is 3.72. The number of non-ortho nitro benzene ring substituents is 2. The van der Waals surface area contributed by atoms with Crippen LogP contribution in [0.3, 0.4) is 0 Å². The van der Waals surface area contributed by atoms with Crippen molar-refractivity contribution >= 4 is 22.5 Å². The molecule has 0 radical (unpaired) electrons.